The molecule has 0 aliphatic heterocycles. The van der Waals surface area contributed by atoms with E-state index >= 15 is 0 Å². The maximum Gasteiger partial charge on any atom is 0.311 e. The summed E-state index contributed by atoms with van der Waals surface area (Å²) in [6, 6.07) is 11.5. The third-order valence-electron chi connectivity index (χ3n) is 3.87. The van der Waals surface area contributed by atoms with Crippen LogP contribution in [0.25, 0.3) is 0 Å². The van der Waals surface area contributed by atoms with Crippen molar-refractivity contribution < 1.29 is 4.92 Å². The Kier molecular flexibility index (Phi) is 3.10. The molecule has 1 atom stereocenters. The molecule has 5 nitrogen and oxygen atoms in total. The zero-order chi connectivity index (χ0) is 14.1. The van der Waals surface area contributed by atoms with Crippen LogP contribution in [0, 0.1) is 10.1 Å². The lowest BCUT2D eigenvalue weighted by molar-refractivity contribution is -0.384. The highest BCUT2D eigenvalue weighted by Gasteiger charge is 2.29. The molecule has 102 valence electrons. The molecule has 1 aromatic carbocycles. The van der Waals surface area contributed by atoms with E-state index in [-0.39, 0.29) is 16.7 Å². The first-order chi connectivity index (χ1) is 9.68. The summed E-state index contributed by atoms with van der Waals surface area (Å²) in [5, 5.41) is 11.1. The molecule has 1 aromatic heterocycles. The Morgan fingerprint density at radius 1 is 1.30 bits per heavy atom. The maximum atomic E-state index is 11.1. The van der Waals surface area contributed by atoms with E-state index in [0.717, 1.165) is 12.8 Å². The Labute approximate surface area is 117 Å². The van der Waals surface area contributed by atoms with Gasteiger partial charge in [-0.2, -0.15) is 0 Å². The van der Waals surface area contributed by atoms with Gasteiger partial charge in [-0.05, 0) is 30.0 Å². The number of rotatable bonds is 3. The van der Waals surface area contributed by atoms with Gasteiger partial charge in [0.15, 0.2) is 0 Å². The fourth-order valence-electron chi connectivity index (χ4n) is 2.89. The van der Waals surface area contributed by atoms with Crippen LogP contribution >= 0.6 is 0 Å². The Morgan fingerprint density at radius 3 is 2.90 bits per heavy atom. The predicted molar refractivity (Wildman–Crippen MR) is 76.8 cm³/mol. The zero-order valence-electron chi connectivity index (χ0n) is 11.2. The van der Waals surface area contributed by atoms with Gasteiger partial charge in [0.05, 0.1) is 11.0 Å². The Morgan fingerprint density at radius 2 is 2.10 bits per heavy atom. The van der Waals surface area contributed by atoms with Crippen molar-refractivity contribution in [2.24, 2.45) is 0 Å². The van der Waals surface area contributed by atoms with E-state index in [1.54, 1.807) is 12.3 Å². The van der Waals surface area contributed by atoms with Crippen LogP contribution in [0.4, 0.5) is 11.5 Å². The lowest BCUT2D eigenvalue weighted by Crippen LogP contribution is -2.24. The van der Waals surface area contributed by atoms with Gasteiger partial charge in [-0.1, -0.05) is 24.3 Å². The summed E-state index contributed by atoms with van der Waals surface area (Å²) in [5.74, 6) is 0.430. The van der Waals surface area contributed by atoms with Crippen LogP contribution in [0.2, 0.25) is 0 Å². The standard InChI is InChI=1S/C15H15N3O2/c1-17(15-14(18(19)20)7-4-10-16-15)13-9-8-11-5-2-3-6-12(11)13/h2-7,10,13H,8-9H2,1H3. The predicted octanol–water partition coefficient (Wildman–Crippen LogP) is 3.11. The molecule has 0 bridgehead atoms. The van der Waals surface area contributed by atoms with Crippen LogP contribution in [-0.2, 0) is 6.42 Å². The van der Waals surface area contributed by atoms with E-state index in [0.29, 0.717) is 5.82 Å². The second-order valence-electron chi connectivity index (χ2n) is 4.97. The first kappa shape index (κ1) is 12.6. The summed E-state index contributed by atoms with van der Waals surface area (Å²) >= 11 is 0. The number of hydrogen-bond acceptors (Lipinski definition) is 4. The van der Waals surface area contributed by atoms with Crippen molar-refractivity contribution in [3.63, 3.8) is 0 Å². The molecule has 5 heteroatoms. The van der Waals surface area contributed by atoms with Crippen LogP contribution in [0.3, 0.4) is 0 Å². The van der Waals surface area contributed by atoms with Crippen LogP contribution < -0.4 is 4.90 Å². The number of nitro groups is 1. The van der Waals surface area contributed by atoms with Gasteiger partial charge in [-0.25, -0.2) is 4.98 Å². The first-order valence-electron chi connectivity index (χ1n) is 6.58. The van der Waals surface area contributed by atoms with Crippen molar-refractivity contribution in [2.75, 3.05) is 11.9 Å². The van der Waals surface area contributed by atoms with Gasteiger partial charge in [0.1, 0.15) is 0 Å². The van der Waals surface area contributed by atoms with Gasteiger partial charge in [-0.15, -0.1) is 0 Å². The molecule has 0 amide bonds. The fraction of sp³-hybridized carbons (Fsp3) is 0.267. The van der Waals surface area contributed by atoms with E-state index in [1.807, 2.05) is 24.1 Å². The smallest absolute Gasteiger partial charge is 0.311 e. The highest BCUT2D eigenvalue weighted by molar-refractivity contribution is 5.59. The van der Waals surface area contributed by atoms with E-state index in [4.69, 9.17) is 0 Å². The molecule has 0 saturated carbocycles. The van der Waals surface area contributed by atoms with Gasteiger partial charge in [0.2, 0.25) is 5.82 Å². The molecule has 2 aromatic rings. The molecule has 1 heterocycles. The first-order valence-corrected chi connectivity index (χ1v) is 6.58. The molecule has 0 saturated heterocycles. The molecular weight excluding hydrogens is 254 g/mol. The monoisotopic (exact) mass is 269 g/mol. The third kappa shape index (κ3) is 2.01. The van der Waals surface area contributed by atoms with Gasteiger partial charge in [-0.3, -0.25) is 10.1 Å². The molecule has 0 N–H and O–H groups in total. The molecule has 0 radical (unpaired) electrons. The summed E-state index contributed by atoms with van der Waals surface area (Å²) in [5.41, 5.74) is 2.62. The lowest BCUT2D eigenvalue weighted by atomic mass is 10.1. The number of anilines is 1. The second-order valence-corrected chi connectivity index (χ2v) is 4.97. The lowest BCUT2D eigenvalue weighted by Gasteiger charge is -2.26. The van der Waals surface area contributed by atoms with E-state index in [2.05, 4.69) is 17.1 Å². The summed E-state index contributed by atoms with van der Waals surface area (Å²) in [4.78, 5) is 16.9. The molecule has 1 unspecified atom stereocenters. The summed E-state index contributed by atoms with van der Waals surface area (Å²) in [6.45, 7) is 0. The normalized spacial score (nSPS) is 16.8. The zero-order valence-corrected chi connectivity index (χ0v) is 11.2. The quantitative estimate of drug-likeness (QED) is 0.634. The van der Waals surface area contributed by atoms with E-state index in [9.17, 15) is 10.1 Å². The molecule has 3 rings (SSSR count). The average Bonchev–Trinajstić information content (AvgIpc) is 2.90. The van der Waals surface area contributed by atoms with E-state index < -0.39 is 0 Å². The van der Waals surface area contributed by atoms with Gasteiger partial charge < -0.3 is 4.90 Å². The minimum absolute atomic E-state index is 0.0550. The van der Waals surface area contributed by atoms with Crippen molar-refractivity contribution >= 4 is 11.5 Å². The van der Waals surface area contributed by atoms with Crippen LogP contribution in [0.1, 0.15) is 23.6 Å². The summed E-state index contributed by atoms with van der Waals surface area (Å²) < 4.78 is 0. The van der Waals surface area contributed by atoms with Crippen LogP contribution in [0.15, 0.2) is 42.6 Å². The Balaban J connectivity index is 1.99. The Bertz CT molecular complexity index is 657. The van der Waals surface area contributed by atoms with Crippen molar-refractivity contribution in [1.82, 2.24) is 4.98 Å². The van der Waals surface area contributed by atoms with Gasteiger partial charge in [0.25, 0.3) is 0 Å². The summed E-state index contributed by atoms with van der Waals surface area (Å²) in [7, 11) is 1.88. The molecule has 20 heavy (non-hydrogen) atoms. The topological polar surface area (TPSA) is 59.3 Å². The molecule has 1 aliphatic carbocycles. The number of aryl methyl sites for hydroxylation is 1. The molecule has 0 fully saturated rings. The highest BCUT2D eigenvalue weighted by atomic mass is 16.6. The van der Waals surface area contributed by atoms with Crippen molar-refractivity contribution in [2.45, 2.75) is 18.9 Å². The van der Waals surface area contributed by atoms with Crippen molar-refractivity contribution in [3.05, 3.63) is 63.8 Å². The van der Waals surface area contributed by atoms with Crippen LogP contribution in [-0.4, -0.2) is 17.0 Å². The number of pyridine rings is 1. The molecule has 0 spiro atoms. The highest BCUT2D eigenvalue weighted by Crippen LogP contribution is 2.38. The van der Waals surface area contributed by atoms with Crippen LogP contribution in [0.5, 0.6) is 0 Å². The fourth-order valence-corrected chi connectivity index (χ4v) is 2.89. The number of benzene rings is 1. The maximum absolute atomic E-state index is 11.1. The number of fused-ring (bicyclic) bond motifs is 1. The molecule has 1 aliphatic rings. The van der Waals surface area contributed by atoms with Gasteiger partial charge >= 0.3 is 5.69 Å². The summed E-state index contributed by atoms with van der Waals surface area (Å²) in [6.07, 6.45) is 3.56. The van der Waals surface area contributed by atoms with Crippen molar-refractivity contribution in [3.8, 4) is 0 Å². The van der Waals surface area contributed by atoms with Crippen molar-refractivity contribution in [1.29, 1.82) is 0 Å². The number of hydrogen-bond donors (Lipinski definition) is 0. The largest absolute Gasteiger partial charge is 0.347 e. The second kappa shape index (κ2) is 4.92. The van der Waals surface area contributed by atoms with E-state index in [1.165, 1.54) is 17.2 Å². The molecular formula is C15H15N3O2. The SMILES string of the molecule is CN(c1ncccc1[N+](=O)[O-])C1CCc2ccccc21. The minimum atomic E-state index is -0.375. The number of aromatic nitrogens is 1. The Hall–Kier alpha value is -2.43. The minimum Gasteiger partial charge on any atom is -0.347 e. The van der Waals surface area contributed by atoms with Gasteiger partial charge in [0, 0.05) is 19.3 Å². The average molecular weight is 269 g/mol. The third-order valence-corrected chi connectivity index (χ3v) is 3.87. The number of nitrogens with zero attached hydrogens (tertiary/aromatic N) is 3.